The first-order chi connectivity index (χ1) is 13.4. The van der Waals surface area contributed by atoms with Gasteiger partial charge in [-0.15, -0.1) is 0 Å². The van der Waals surface area contributed by atoms with Crippen molar-refractivity contribution in [2.24, 2.45) is 0 Å². The minimum Gasteiger partial charge on any atom is -0.481 e. The molecule has 144 valence electrons. The molecule has 0 spiro atoms. The SMILES string of the molecule is O=C(Cc1c[nH]c2ccccc12)NCC#CCOc1cccc(C(F)(F)F)c1. The molecule has 2 N–H and O–H groups in total. The van der Waals surface area contributed by atoms with Crippen LogP contribution in [0.4, 0.5) is 13.2 Å². The van der Waals surface area contributed by atoms with Crippen molar-refractivity contribution < 1.29 is 22.7 Å². The van der Waals surface area contributed by atoms with Gasteiger partial charge < -0.3 is 15.0 Å². The maximum Gasteiger partial charge on any atom is 0.416 e. The molecule has 0 bridgehead atoms. The van der Waals surface area contributed by atoms with E-state index in [0.717, 1.165) is 28.6 Å². The van der Waals surface area contributed by atoms with E-state index in [1.54, 1.807) is 6.20 Å². The first-order valence-electron chi connectivity index (χ1n) is 8.51. The van der Waals surface area contributed by atoms with Crippen molar-refractivity contribution in [3.05, 3.63) is 65.9 Å². The van der Waals surface area contributed by atoms with Gasteiger partial charge in [0.25, 0.3) is 0 Å². The van der Waals surface area contributed by atoms with Crippen molar-refractivity contribution in [1.29, 1.82) is 0 Å². The van der Waals surface area contributed by atoms with Gasteiger partial charge in [0.05, 0.1) is 18.5 Å². The number of fused-ring (bicyclic) bond motifs is 1. The van der Waals surface area contributed by atoms with Gasteiger partial charge >= 0.3 is 6.18 Å². The van der Waals surface area contributed by atoms with Crippen molar-refractivity contribution in [3.8, 4) is 17.6 Å². The third-order valence-corrected chi connectivity index (χ3v) is 4.00. The van der Waals surface area contributed by atoms with E-state index < -0.39 is 11.7 Å². The molecule has 0 saturated carbocycles. The van der Waals surface area contributed by atoms with Gasteiger partial charge in [0, 0.05) is 17.1 Å². The maximum atomic E-state index is 12.6. The summed E-state index contributed by atoms with van der Waals surface area (Å²) in [6.45, 7) is 0.0623. The lowest BCUT2D eigenvalue weighted by atomic mass is 10.1. The number of aromatic nitrogens is 1. The lowest BCUT2D eigenvalue weighted by Crippen LogP contribution is -2.25. The van der Waals surface area contributed by atoms with Crippen molar-refractivity contribution in [1.82, 2.24) is 10.3 Å². The number of aromatic amines is 1. The quantitative estimate of drug-likeness (QED) is 0.653. The van der Waals surface area contributed by atoms with E-state index in [1.165, 1.54) is 12.1 Å². The first kappa shape index (κ1) is 19.4. The Bertz CT molecular complexity index is 1030. The third-order valence-electron chi connectivity index (χ3n) is 4.00. The first-order valence-corrected chi connectivity index (χ1v) is 8.51. The molecule has 3 rings (SSSR count). The fourth-order valence-electron chi connectivity index (χ4n) is 2.65. The van der Waals surface area contributed by atoms with Crippen LogP contribution in [0.1, 0.15) is 11.1 Å². The van der Waals surface area contributed by atoms with E-state index in [4.69, 9.17) is 4.74 Å². The zero-order chi connectivity index (χ0) is 20.0. The summed E-state index contributed by atoms with van der Waals surface area (Å²) in [5, 5.41) is 3.68. The van der Waals surface area contributed by atoms with Crippen LogP contribution < -0.4 is 10.1 Å². The van der Waals surface area contributed by atoms with Crippen molar-refractivity contribution in [3.63, 3.8) is 0 Å². The summed E-state index contributed by atoms with van der Waals surface area (Å²) in [5.41, 5.74) is 1.09. The third kappa shape index (κ3) is 5.07. The number of hydrogen-bond donors (Lipinski definition) is 2. The van der Waals surface area contributed by atoms with Crippen LogP contribution in [0.25, 0.3) is 10.9 Å². The average Bonchev–Trinajstić information content (AvgIpc) is 3.07. The zero-order valence-corrected chi connectivity index (χ0v) is 14.8. The number of rotatable bonds is 5. The number of halogens is 3. The van der Waals surface area contributed by atoms with Gasteiger partial charge in [-0.05, 0) is 29.8 Å². The molecule has 1 heterocycles. The minimum absolute atomic E-state index is 0.0698. The van der Waals surface area contributed by atoms with E-state index in [0.29, 0.717) is 0 Å². The predicted octanol–water partition coefficient (Wildman–Crippen LogP) is 3.93. The number of ether oxygens (including phenoxy) is 1. The molecule has 0 aliphatic carbocycles. The molecule has 1 aromatic heterocycles. The topological polar surface area (TPSA) is 54.1 Å². The molecular formula is C21H17F3N2O2. The summed E-state index contributed by atoms with van der Waals surface area (Å²) >= 11 is 0. The Morgan fingerprint density at radius 1 is 1.11 bits per heavy atom. The number of alkyl halides is 3. The second-order valence-electron chi connectivity index (χ2n) is 5.98. The standard InChI is InChI=1S/C21H17F3N2O2/c22-21(23,24)16-6-5-7-17(13-16)28-11-4-3-10-25-20(27)12-15-14-26-19-9-2-1-8-18(15)19/h1-2,5-9,13-14,26H,10-12H2,(H,25,27). The minimum atomic E-state index is -4.42. The molecule has 0 unspecified atom stereocenters. The van der Waals surface area contributed by atoms with E-state index in [-0.39, 0.29) is 31.2 Å². The smallest absolute Gasteiger partial charge is 0.416 e. The second kappa shape index (κ2) is 8.53. The Balaban J connectivity index is 1.43. The second-order valence-corrected chi connectivity index (χ2v) is 5.98. The van der Waals surface area contributed by atoms with E-state index in [9.17, 15) is 18.0 Å². The number of carbonyl (C=O) groups is 1. The molecule has 0 radical (unpaired) electrons. The van der Waals surface area contributed by atoms with Crippen LogP contribution in [0.3, 0.4) is 0 Å². The van der Waals surface area contributed by atoms with Gasteiger partial charge in [-0.1, -0.05) is 36.1 Å². The lowest BCUT2D eigenvalue weighted by molar-refractivity contribution is -0.137. The Morgan fingerprint density at radius 2 is 1.93 bits per heavy atom. The van der Waals surface area contributed by atoms with Crippen molar-refractivity contribution in [2.45, 2.75) is 12.6 Å². The summed E-state index contributed by atoms with van der Waals surface area (Å²) in [5.74, 6) is 5.29. The van der Waals surface area contributed by atoms with Crippen LogP contribution in [0.2, 0.25) is 0 Å². The molecule has 0 fully saturated rings. The Hall–Kier alpha value is -3.40. The number of hydrogen-bond acceptors (Lipinski definition) is 2. The largest absolute Gasteiger partial charge is 0.481 e. The molecule has 28 heavy (non-hydrogen) atoms. The molecule has 0 atom stereocenters. The molecule has 3 aromatic rings. The van der Waals surface area contributed by atoms with Gasteiger partial charge in [-0.25, -0.2) is 0 Å². The zero-order valence-electron chi connectivity index (χ0n) is 14.8. The van der Waals surface area contributed by atoms with Gasteiger partial charge in [0.15, 0.2) is 0 Å². The highest BCUT2D eigenvalue weighted by atomic mass is 19.4. The highest BCUT2D eigenvalue weighted by molar-refractivity contribution is 5.88. The summed E-state index contributed by atoms with van der Waals surface area (Å²) in [6.07, 6.45) is -2.38. The predicted molar refractivity (Wildman–Crippen MR) is 99.7 cm³/mol. The number of nitrogens with one attached hydrogen (secondary N) is 2. The Morgan fingerprint density at radius 3 is 2.75 bits per heavy atom. The van der Waals surface area contributed by atoms with Crippen LogP contribution in [-0.4, -0.2) is 24.0 Å². The number of amides is 1. The van der Waals surface area contributed by atoms with E-state index in [2.05, 4.69) is 22.1 Å². The highest BCUT2D eigenvalue weighted by Gasteiger charge is 2.30. The molecule has 2 aromatic carbocycles. The van der Waals surface area contributed by atoms with E-state index >= 15 is 0 Å². The molecule has 1 amide bonds. The summed E-state index contributed by atoms with van der Waals surface area (Å²) in [4.78, 5) is 15.1. The number of H-pyrrole nitrogens is 1. The maximum absolute atomic E-state index is 12.6. The molecule has 0 aliphatic heterocycles. The normalized spacial score (nSPS) is 11.0. The highest BCUT2D eigenvalue weighted by Crippen LogP contribution is 2.31. The van der Waals surface area contributed by atoms with E-state index in [1.807, 2.05) is 24.3 Å². The number of benzene rings is 2. The van der Waals surface area contributed by atoms with Crippen molar-refractivity contribution >= 4 is 16.8 Å². The van der Waals surface area contributed by atoms with Crippen LogP contribution in [0, 0.1) is 11.8 Å². The fourth-order valence-corrected chi connectivity index (χ4v) is 2.65. The van der Waals surface area contributed by atoms with Gasteiger partial charge in [-0.2, -0.15) is 13.2 Å². The molecule has 7 heteroatoms. The van der Waals surface area contributed by atoms with Crippen LogP contribution in [-0.2, 0) is 17.4 Å². The van der Waals surface area contributed by atoms with Crippen LogP contribution >= 0.6 is 0 Å². The summed E-state index contributed by atoms with van der Waals surface area (Å²) < 4.78 is 43.1. The van der Waals surface area contributed by atoms with Gasteiger partial charge in [0.1, 0.15) is 12.4 Å². The summed E-state index contributed by atoms with van der Waals surface area (Å²) in [7, 11) is 0. The van der Waals surface area contributed by atoms with Gasteiger partial charge in [0.2, 0.25) is 5.91 Å². The Labute approximate surface area is 159 Å². The number of para-hydroxylation sites is 1. The monoisotopic (exact) mass is 386 g/mol. The Kier molecular flexibility index (Phi) is 5.90. The van der Waals surface area contributed by atoms with Gasteiger partial charge in [-0.3, -0.25) is 4.79 Å². The molecule has 4 nitrogen and oxygen atoms in total. The van der Waals surface area contributed by atoms with Crippen molar-refractivity contribution in [2.75, 3.05) is 13.2 Å². The molecule has 0 aliphatic rings. The van der Waals surface area contributed by atoms with Crippen LogP contribution in [0.15, 0.2) is 54.7 Å². The fraction of sp³-hybridized carbons (Fsp3) is 0.190. The van der Waals surface area contributed by atoms with Crippen LogP contribution in [0.5, 0.6) is 5.75 Å². The molecular weight excluding hydrogens is 369 g/mol. The summed E-state index contributed by atoms with van der Waals surface area (Å²) in [6, 6.07) is 12.3. The number of carbonyl (C=O) groups excluding carboxylic acids is 1. The average molecular weight is 386 g/mol. The lowest BCUT2D eigenvalue weighted by Gasteiger charge is -2.08. The molecule has 0 saturated heterocycles.